The molecule has 3 N–H and O–H groups in total. The third-order valence-corrected chi connectivity index (χ3v) is 2.78. The lowest BCUT2D eigenvalue weighted by molar-refractivity contribution is -0.0913. The van der Waals surface area contributed by atoms with Crippen LogP contribution in [0.2, 0.25) is 0 Å². The Labute approximate surface area is 69.1 Å². The first-order valence-corrected chi connectivity index (χ1v) is 3.80. The summed E-state index contributed by atoms with van der Waals surface area (Å²) < 4.78 is 0. The van der Waals surface area contributed by atoms with Gasteiger partial charge in [0.1, 0.15) is 0 Å². The molecule has 66 valence electrons. The summed E-state index contributed by atoms with van der Waals surface area (Å²) >= 11 is 0. The number of rotatable bonds is 2. The van der Waals surface area contributed by atoms with Crippen LogP contribution in [-0.2, 0) is 0 Å². The van der Waals surface area contributed by atoms with Crippen molar-refractivity contribution in [3.8, 4) is 0 Å². The van der Waals surface area contributed by atoms with E-state index in [1.54, 1.807) is 0 Å². The van der Waals surface area contributed by atoms with E-state index in [1.165, 1.54) is 6.21 Å². The van der Waals surface area contributed by atoms with E-state index in [9.17, 15) is 4.79 Å². The minimum absolute atomic E-state index is 0.00278. The van der Waals surface area contributed by atoms with Crippen LogP contribution < -0.4 is 5.32 Å². The Kier molecular flexibility index (Phi) is 1.18. The van der Waals surface area contributed by atoms with E-state index in [4.69, 9.17) is 10.3 Å². The van der Waals surface area contributed by atoms with Crippen molar-refractivity contribution in [1.82, 2.24) is 5.32 Å². The highest BCUT2D eigenvalue weighted by atomic mass is 16.4. The monoisotopic (exact) mass is 170 g/mol. The maximum absolute atomic E-state index is 10.3. The highest BCUT2D eigenvalue weighted by molar-refractivity contribution is 5.75. The zero-order valence-electron chi connectivity index (χ0n) is 6.45. The predicted octanol–water partition coefficient (Wildman–Crippen LogP) is 0.637. The van der Waals surface area contributed by atoms with Crippen LogP contribution >= 0.6 is 0 Å². The molecule has 0 heterocycles. The van der Waals surface area contributed by atoms with Gasteiger partial charge in [0.05, 0.1) is 0 Å². The molecule has 0 spiro atoms. The van der Waals surface area contributed by atoms with Crippen LogP contribution in [0, 0.1) is 5.41 Å². The van der Waals surface area contributed by atoms with E-state index in [0.717, 1.165) is 19.3 Å². The smallest absolute Gasteiger partial charge is 0.405 e. The van der Waals surface area contributed by atoms with Crippen LogP contribution in [0.5, 0.6) is 0 Å². The lowest BCUT2D eigenvalue weighted by Gasteiger charge is -2.68. The molecule has 0 unspecified atom stereocenters. The van der Waals surface area contributed by atoms with Crippen molar-refractivity contribution in [2.75, 3.05) is 0 Å². The largest absolute Gasteiger partial charge is 0.465 e. The summed E-state index contributed by atoms with van der Waals surface area (Å²) in [6.45, 7) is 0. The number of hydrogen-bond donors (Lipinski definition) is 3. The summed E-state index contributed by atoms with van der Waals surface area (Å²) in [5.41, 5.74) is -0.204. The first-order valence-electron chi connectivity index (χ1n) is 3.80. The predicted molar refractivity (Wildman–Crippen MR) is 40.5 cm³/mol. The number of hydrogen-bond acceptors (Lipinski definition) is 3. The minimum Gasteiger partial charge on any atom is -0.465 e. The maximum Gasteiger partial charge on any atom is 0.405 e. The highest BCUT2D eigenvalue weighted by Crippen LogP contribution is 2.66. The molecule has 0 aliphatic heterocycles. The maximum atomic E-state index is 10.3. The average molecular weight is 170 g/mol. The summed E-state index contributed by atoms with van der Waals surface area (Å²) in [5, 5.41) is 22.2. The van der Waals surface area contributed by atoms with Crippen LogP contribution in [0.1, 0.15) is 19.3 Å². The number of amides is 1. The van der Waals surface area contributed by atoms with Gasteiger partial charge in [-0.25, -0.2) is 4.79 Å². The molecule has 0 radical (unpaired) electrons. The number of oxime groups is 1. The molecule has 3 aliphatic rings. The lowest BCUT2D eigenvalue weighted by atomic mass is 9.40. The van der Waals surface area contributed by atoms with Gasteiger partial charge in [-0.3, -0.25) is 0 Å². The molecule has 3 fully saturated rings. The van der Waals surface area contributed by atoms with Crippen molar-refractivity contribution >= 4 is 12.3 Å². The molecule has 5 heteroatoms. The van der Waals surface area contributed by atoms with Crippen molar-refractivity contribution in [3.05, 3.63) is 0 Å². The number of nitrogens with one attached hydrogen (secondary N) is 1. The van der Waals surface area contributed by atoms with Gasteiger partial charge in [0.25, 0.3) is 0 Å². The van der Waals surface area contributed by atoms with Gasteiger partial charge < -0.3 is 15.6 Å². The quantitative estimate of drug-likeness (QED) is 0.323. The highest BCUT2D eigenvalue weighted by Gasteiger charge is 2.68. The summed E-state index contributed by atoms with van der Waals surface area (Å²) in [4.78, 5) is 10.3. The fourth-order valence-electron chi connectivity index (χ4n) is 2.49. The summed E-state index contributed by atoms with van der Waals surface area (Å²) in [6, 6.07) is 0. The second-order valence-corrected chi connectivity index (χ2v) is 3.85. The SMILES string of the molecule is O=C(O)NC12CC(/C=N\O)(C1)C2. The Bertz CT molecular complexity index is 242. The van der Waals surface area contributed by atoms with Gasteiger partial charge in [-0.2, -0.15) is 0 Å². The van der Waals surface area contributed by atoms with Crippen LogP contribution in [0.25, 0.3) is 0 Å². The van der Waals surface area contributed by atoms with Gasteiger partial charge in [0.15, 0.2) is 0 Å². The fourth-order valence-corrected chi connectivity index (χ4v) is 2.49. The van der Waals surface area contributed by atoms with E-state index in [2.05, 4.69) is 10.5 Å². The molecule has 0 atom stereocenters. The van der Waals surface area contributed by atoms with Gasteiger partial charge in [-0.1, -0.05) is 0 Å². The molecule has 0 aromatic rings. The minimum atomic E-state index is -0.968. The fraction of sp³-hybridized carbons (Fsp3) is 0.714. The van der Waals surface area contributed by atoms with Crippen LogP contribution in [0.4, 0.5) is 4.79 Å². The third kappa shape index (κ3) is 0.790. The molecule has 0 aromatic carbocycles. The van der Waals surface area contributed by atoms with Crippen molar-refractivity contribution in [1.29, 1.82) is 0 Å². The first-order chi connectivity index (χ1) is 5.60. The molecule has 12 heavy (non-hydrogen) atoms. The van der Waals surface area contributed by atoms with Crippen LogP contribution in [0.3, 0.4) is 0 Å². The molecule has 0 aromatic heterocycles. The molecule has 3 saturated carbocycles. The Balaban J connectivity index is 1.91. The second kappa shape index (κ2) is 1.91. The standard InChI is InChI=1S/C7H10N2O3/c10-5(11)9-7-1-6(2-7,3-7)4-8-12/h4,9,12H,1-3H2,(H,10,11)/b8-4-. The van der Waals surface area contributed by atoms with Gasteiger partial charge in [-0.05, 0) is 19.3 Å². The Hall–Kier alpha value is -1.26. The van der Waals surface area contributed by atoms with E-state index in [0.29, 0.717) is 0 Å². The summed E-state index contributed by atoms with van der Waals surface area (Å²) in [5.74, 6) is 0. The molecular formula is C7H10N2O3. The average Bonchev–Trinajstić information content (AvgIpc) is 1.79. The van der Waals surface area contributed by atoms with Crippen molar-refractivity contribution in [2.45, 2.75) is 24.8 Å². The zero-order chi connectivity index (χ0) is 8.82. The van der Waals surface area contributed by atoms with Gasteiger partial charge >= 0.3 is 6.09 Å². The van der Waals surface area contributed by atoms with Crippen molar-refractivity contribution in [3.63, 3.8) is 0 Å². The van der Waals surface area contributed by atoms with Gasteiger partial charge in [-0.15, -0.1) is 5.16 Å². The van der Waals surface area contributed by atoms with E-state index >= 15 is 0 Å². The van der Waals surface area contributed by atoms with E-state index < -0.39 is 6.09 Å². The number of nitrogens with zero attached hydrogens (tertiary/aromatic N) is 1. The lowest BCUT2D eigenvalue weighted by Crippen LogP contribution is -2.75. The number of carboxylic acid groups (broad SMARTS) is 1. The first kappa shape index (κ1) is 7.39. The van der Waals surface area contributed by atoms with E-state index in [-0.39, 0.29) is 11.0 Å². The molecule has 3 rings (SSSR count). The zero-order valence-corrected chi connectivity index (χ0v) is 6.45. The van der Waals surface area contributed by atoms with Crippen molar-refractivity contribution in [2.24, 2.45) is 10.6 Å². The molecule has 0 saturated heterocycles. The van der Waals surface area contributed by atoms with Crippen molar-refractivity contribution < 1.29 is 15.1 Å². The Morgan fingerprint density at radius 3 is 2.50 bits per heavy atom. The third-order valence-electron chi connectivity index (χ3n) is 2.78. The molecule has 3 aliphatic carbocycles. The number of carbonyl (C=O) groups is 1. The van der Waals surface area contributed by atoms with Crippen LogP contribution in [-0.4, -0.2) is 28.2 Å². The molecule has 2 bridgehead atoms. The van der Waals surface area contributed by atoms with E-state index in [1.807, 2.05) is 0 Å². The molecule has 1 amide bonds. The normalized spacial score (nSPS) is 43.3. The van der Waals surface area contributed by atoms with Gasteiger partial charge in [0.2, 0.25) is 0 Å². The van der Waals surface area contributed by atoms with Crippen LogP contribution in [0.15, 0.2) is 5.16 Å². The topological polar surface area (TPSA) is 81.9 Å². The summed E-state index contributed by atoms with van der Waals surface area (Å²) in [6.07, 6.45) is 2.87. The Morgan fingerprint density at radius 2 is 2.08 bits per heavy atom. The Morgan fingerprint density at radius 1 is 1.50 bits per heavy atom. The van der Waals surface area contributed by atoms with Gasteiger partial charge in [0, 0.05) is 17.2 Å². The molecular weight excluding hydrogens is 160 g/mol. The second-order valence-electron chi connectivity index (χ2n) is 3.85. The summed E-state index contributed by atoms with van der Waals surface area (Å²) in [7, 11) is 0. The molecule has 5 nitrogen and oxygen atoms in total.